The van der Waals surface area contributed by atoms with Crippen LogP contribution in [-0.2, 0) is 20.9 Å². The Morgan fingerprint density at radius 3 is 2.55 bits per heavy atom. The fraction of sp³-hybridized carbons (Fsp3) is 0.160. The maximum Gasteiger partial charge on any atom is 0.328 e. The molecule has 1 aliphatic heterocycles. The van der Waals surface area contributed by atoms with Crippen molar-refractivity contribution in [2.24, 2.45) is 0 Å². The van der Waals surface area contributed by atoms with E-state index in [0.717, 1.165) is 33.0 Å². The van der Waals surface area contributed by atoms with E-state index < -0.39 is 23.2 Å². The standard InChI is InChI=1S/C25H20ClNO5S/c1-15(24(29)31-2)27-23(28)22(33-25(27)30)13-20-19-6-4-3-5-17(19)9-12-21(20)32-14-16-7-10-18(26)11-8-16/h3-13,15H,14H2,1-2H3/b22-13+/t15-/m1/s1. The molecule has 6 nitrogen and oxygen atoms in total. The second-order valence-corrected chi connectivity index (χ2v) is 8.79. The van der Waals surface area contributed by atoms with Gasteiger partial charge in [-0.3, -0.25) is 14.5 Å². The molecule has 0 saturated carbocycles. The number of thioether (sulfide) groups is 1. The first-order valence-corrected chi connectivity index (χ1v) is 11.3. The van der Waals surface area contributed by atoms with Crippen LogP contribution in [0.25, 0.3) is 16.8 Å². The van der Waals surface area contributed by atoms with Crippen LogP contribution in [0.15, 0.2) is 65.6 Å². The highest BCUT2D eigenvalue weighted by molar-refractivity contribution is 8.18. The van der Waals surface area contributed by atoms with E-state index >= 15 is 0 Å². The summed E-state index contributed by atoms with van der Waals surface area (Å²) in [4.78, 5) is 38.5. The summed E-state index contributed by atoms with van der Waals surface area (Å²) in [6.07, 6.45) is 1.65. The summed E-state index contributed by atoms with van der Waals surface area (Å²) >= 11 is 6.75. The molecule has 0 unspecified atom stereocenters. The minimum absolute atomic E-state index is 0.212. The summed E-state index contributed by atoms with van der Waals surface area (Å²) in [5, 5.41) is 1.96. The summed E-state index contributed by atoms with van der Waals surface area (Å²) in [6, 6.07) is 17.8. The number of amides is 2. The van der Waals surface area contributed by atoms with E-state index in [9.17, 15) is 14.4 Å². The Labute approximate surface area is 200 Å². The summed E-state index contributed by atoms with van der Waals surface area (Å²) in [7, 11) is 1.22. The number of ether oxygens (including phenoxy) is 2. The summed E-state index contributed by atoms with van der Waals surface area (Å²) in [6.45, 7) is 1.76. The van der Waals surface area contributed by atoms with Crippen molar-refractivity contribution in [2.75, 3.05) is 7.11 Å². The van der Waals surface area contributed by atoms with Crippen molar-refractivity contribution in [3.05, 3.63) is 81.7 Å². The third-order valence-corrected chi connectivity index (χ3v) is 6.40. The number of halogens is 1. The molecule has 0 aromatic heterocycles. The van der Waals surface area contributed by atoms with E-state index in [1.165, 1.54) is 14.0 Å². The van der Waals surface area contributed by atoms with E-state index in [-0.39, 0.29) is 4.91 Å². The molecule has 4 rings (SSSR count). The van der Waals surface area contributed by atoms with Gasteiger partial charge >= 0.3 is 5.97 Å². The van der Waals surface area contributed by atoms with Crippen LogP contribution in [0.5, 0.6) is 5.75 Å². The highest BCUT2D eigenvalue weighted by atomic mass is 35.5. The average Bonchev–Trinajstić information content (AvgIpc) is 3.11. The smallest absolute Gasteiger partial charge is 0.328 e. The van der Waals surface area contributed by atoms with Crippen LogP contribution < -0.4 is 4.74 Å². The minimum atomic E-state index is -1.01. The van der Waals surface area contributed by atoms with Crippen molar-refractivity contribution >= 4 is 57.3 Å². The van der Waals surface area contributed by atoms with Gasteiger partial charge in [0.25, 0.3) is 11.1 Å². The first kappa shape index (κ1) is 22.9. The summed E-state index contributed by atoms with van der Waals surface area (Å²) in [5.74, 6) is -0.633. The van der Waals surface area contributed by atoms with Gasteiger partial charge < -0.3 is 9.47 Å². The van der Waals surface area contributed by atoms with Gasteiger partial charge in [0.1, 0.15) is 18.4 Å². The van der Waals surface area contributed by atoms with E-state index in [1.54, 1.807) is 18.2 Å². The molecule has 0 spiro atoms. The molecule has 0 N–H and O–H groups in total. The molecule has 1 aliphatic rings. The number of carbonyl (C=O) groups is 3. The van der Waals surface area contributed by atoms with Crippen LogP contribution in [0, 0.1) is 0 Å². The Morgan fingerprint density at radius 2 is 1.82 bits per heavy atom. The molecule has 168 valence electrons. The molecule has 2 amide bonds. The van der Waals surface area contributed by atoms with Crippen molar-refractivity contribution < 1.29 is 23.9 Å². The molecule has 1 fully saturated rings. The lowest BCUT2D eigenvalue weighted by atomic mass is 10.0. The lowest BCUT2D eigenvalue weighted by Gasteiger charge is -2.18. The topological polar surface area (TPSA) is 72.9 Å². The monoisotopic (exact) mass is 481 g/mol. The second-order valence-electron chi connectivity index (χ2n) is 7.36. The average molecular weight is 482 g/mol. The Hall–Kier alpha value is -3.29. The molecule has 0 bridgehead atoms. The number of fused-ring (bicyclic) bond motifs is 1. The van der Waals surface area contributed by atoms with Gasteiger partial charge in [0.15, 0.2) is 0 Å². The van der Waals surface area contributed by atoms with Crippen molar-refractivity contribution in [1.82, 2.24) is 4.90 Å². The van der Waals surface area contributed by atoms with E-state index in [0.29, 0.717) is 22.9 Å². The highest BCUT2D eigenvalue weighted by Crippen LogP contribution is 2.38. The van der Waals surface area contributed by atoms with Gasteiger partial charge in [-0.2, -0.15) is 0 Å². The van der Waals surface area contributed by atoms with Gasteiger partial charge in [0.2, 0.25) is 0 Å². The number of benzene rings is 3. The molecule has 1 heterocycles. The van der Waals surface area contributed by atoms with Gasteiger partial charge in [0.05, 0.1) is 12.0 Å². The van der Waals surface area contributed by atoms with Gasteiger partial charge in [-0.25, -0.2) is 4.79 Å². The number of methoxy groups -OCH3 is 1. The van der Waals surface area contributed by atoms with E-state index in [2.05, 4.69) is 0 Å². The Bertz CT molecular complexity index is 1270. The molecule has 1 atom stereocenters. The molecule has 0 aliphatic carbocycles. The number of nitrogens with zero attached hydrogens (tertiary/aromatic N) is 1. The molecule has 1 saturated heterocycles. The van der Waals surface area contributed by atoms with E-state index in [4.69, 9.17) is 21.1 Å². The minimum Gasteiger partial charge on any atom is -0.488 e. The fourth-order valence-electron chi connectivity index (χ4n) is 3.51. The van der Waals surface area contributed by atoms with Gasteiger partial charge in [-0.05, 0) is 59.3 Å². The molecular weight excluding hydrogens is 462 g/mol. The van der Waals surface area contributed by atoms with Crippen molar-refractivity contribution in [2.45, 2.75) is 19.6 Å². The van der Waals surface area contributed by atoms with Crippen LogP contribution in [0.1, 0.15) is 18.1 Å². The molecule has 3 aromatic rings. The van der Waals surface area contributed by atoms with Crippen LogP contribution in [0.2, 0.25) is 5.02 Å². The Kier molecular flexibility index (Phi) is 6.72. The third kappa shape index (κ3) is 4.74. The van der Waals surface area contributed by atoms with Crippen LogP contribution in [-0.4, -0.2) is 35.2 Å². The first-order chi connectivity index (χ1) is 15.9. The zero-order valence-electron chi connectivity index (χ0n) is 17.9. The highest BCUT2D eigenvalue weighted by Gasteiger charge is 2.41. The van der Waals surface area contributed by atoms with Gasteiger partial charge in [-0.15, -0.1) is 0 Å². The fourth-order valence-corrected chi connectivity index (χ4v) is 4.53. The zero-order valence-corrected chi connectivity index (χ0v) is 19.5. The maximum absolute atomic E-state index is 13.0. The number of rotatable bonds is 6. The first-order valence-electron chi connectivity index (χ1n) is 10.1. The SMILES string of the molecule is COC(=O)[C@@H](C)N1C(=O)S/C(=C/c2c(OCc3ccc(Cl)cc3)ccc3ccccc23)C1=O. The lowest BCUT2D eigenvalue weighted by molar-refractivity contribution is -0.148. The number of imide groups is 1. The molecule has 33 heavy (non-hydrogen) atoms. The summed E-state index contributed by atoms with van der Waals surface area (Å²) < 4.78 is 10.8. The van der Waals surface area contributed by atoms with Gasteiger partial charge in [-0.1, -0.05) is 54.1 Å². The van der Waals surface area contributed by atoms with Crippen LogP contribution >= 0.6 is 23.4 Å². The normalized spacial score (nSPS) is 15.8. The van der Waals surface area contributed by atoms with Crippen molar-refractivity contribution in [1.29, 1.82) is 0 Å². The van der Waals surface area contributed by atoms with Crippen LogP contribution in [0.3, 0.4) is 0 Å². The van der Waals surface area contributed by atoms with Crippen molar-refractivity contribution in [3.8, 4) is 5.75 Å². The molecule has 8 heteroatoms. The quantitative estimate of drug-likeness (QED) is 0.333. The van der Waals surface area contributed by atoms with Crippen molar-refractivity contribution in [3.63, 3.8) is 0 Å². The Morgan fingerprint density at radius 1 is 1.09 bits per heavy atom. The summed E-state index contributed by atoms with van der Waals surface area (Å²) in [5.41, 5.74) is 1.61. The molecule has 0 radical (unpaired) electrons. The predicted octanol–water partition coefficient (Wildman–Crippen LogP) is 5.67. The number of hydrogen-bond acceptors (Lipinski definition) is 6. The lowest BCUT2D eigenvalue weighted by Crippen LogP contribution is -2.42. The molecule has 3 aromatic carbocycles. The number of esters is 1. The number of hydrogen-bond donors (Lipinski definition) is 0. The maximum atomic E-state index is 13.0. The number of carbonyl (C=O) groups excluding carboxylic acids is 3. The predicted molar refractivity (Wildman–Crippen MR) is 129 cm³/mol. The van der Waals surface area contributed by atoms with Crippen LogP contribution in [0.4, 0.5) is 4.79 Å². The third-order valence-electron chi connectivity index (χ3n) is 5.27. The largest absolute Gasteiger partial charge is 0.488 e. The second kappa shape index (κ2) is 9.68. The zero-order chi connectivity index (χ0) is 23.5. The molecular formula is C25H20ClNO5S. The van der Waals surface area contributed by atoms with E-state index in [1.807, 2.05) is 48.5 Å². The Balaban J connectivity index is 1.71. The van der Waals surface area contributed by atoms with Gasteiger partial charge in [0, 0.05) is 10.6 Å².